The minimum atomic E-state index is -3.28. The number of benzene rings is 2. The highest BCUT2D eigenvalue weighted by atomic mass is 31.2. The Bertz CT molecular complexity index is 866. The van der Waals surface area contributed by atoms with Gasteiger partial charge in [-0.25, -0.2) is 0 Å². The van der Waals surface area contributed by atoms with Crippen molar-refractivity contribution in [2.75, 3.05) is 7.11 Å². The quantitative estimate of drug-likeness (QED) is 0.366. The maximum atomic E-state index is 15.1. The van der Waals surface area contributed by atoms with Crippen molar-refractivity contribution in [3.8, 4) is 0 Å². The molecule has 0 amide bonds. The molecule has 160 valence electrons. The average Bonchev–Trinajstić information content (AvgIpc) is 3.23. The molecule has 0 spiro atoms. The number of carbonyl (C=O) groups excluding carboxylic acids is 1. The molecule has 4 nitrogen and oxygen atoms in total. The summed E-state index contributed by atoms with van der Waals surface area (Å²) in [7, 11) is -1.90. The van der Waals surface area contributed by atoms with Gasteiger partial charge in [-0.15, -0.1) is 0 Å². The molecule has 0 fully saturated rings. The van der Waals surface area contributed by atoms with E-state index in [2.05, 4.69) is 6.92 Å². The standard InChI is InChI=1S/C25H31O4P/c1-3-4-15-23(26)25(17-16-20(19-25)18-24(27)29-2)30(28,21-11-7-5-8-12-21)22-13-9-6-10-14-22/h5-14,16-17,20,23,26H,3-4,15,18-19H2,1-2H3/t20-,23-,25-/m0/s1. The Morgan fingerprint density at radius 2 is 1.70 bits per heavy atom. The summed E-state index contributed by atoms with van der Waals surface area (Å²) in [5, 5.41) is 12.0. The summed E-state index contributed by atoms with van der Waals surface area (Å²) in [5.41, 5.74) is 0. The van der Waals surface area contributed by atoms with Gasteiger partial charge < -0.3 is 14.4 Å². The average molecular weight is 426 g/mol. The number of rotatable bonds is 9. The fourth-order valence-electron chi connectivity index (χ4n) is 4.54. The predicted octanol–water partition coefficient (Wildman–Crippen LogP) is 4.43. The lowest BCUT2D eigenvalue weighted by atomic mass is 9.92. The van der Waals surface area contributed by atoms with Crippen LogP contribution in [0.4, 0.5) is 0 Å². The molecule has 3 atom stereocenters. The lowest BCUT2D eigenvalue weighted by Crippen LogP contribution is -2.45. The number of hydrogen-bond acceptors (Lipinski definition) is 4. The molecule has 0 bridgehead atoms. The topological polar surface area (TPSA) is 63.6 Å². The van der Waals surface area contributed by atoms with E-state index < -0.39 is 18.4 Å². The van der Waals surface area contributed by atoms with Crippen molar-refractivity contribution in [2.24, 2.45) is 5.92 Å². The van der Waals surface area contributed by atoms with Gasteiger partial charge >= 0.3 is 5.97 Å². The lowest BCUT2D eigenvalue weighted by molar-refractivity contribution is -0.141. The van der Waals surface area contributed by atoms with Crippen LogP contribution in [-0.4, -0.2) is 29.4 Å². The van der Waals surface area contributed by atoms with E-state index in [4.69, 9.17) is 4.74 Å². The molecule has 0 radical (unpaired) electrons. The van der Waals surface area contributed by atoms with E-state index in [9.17, 15) is 9.90 Å². The molecule has 2 aromatic rings. The number of carbonyl (C=O) groups is 1. The second kappa shape index (κ2) is 9.76. The maximum Gasteiger partial charge on any atom is 0.306 e. The van der Waals surface area contributed by atoms with E-state index in [0.29, 0.717) is 12.8 Å². The highest BCUT2D eigenvalue weighted by molar-refractivity contribution is 7.80. The third kappa shape index (κ3) is 4.17. The van der Waals surface area contributed by atoms with Crippen molar-refractivity contribution in [2.45, 2.75) is 50.3 Å². The highest BCUT2D eigenvalue weighted by Crippen LogP contribution is 2.63. The summed E-state index contributed by atoms with van der Waals surface area (Å²) in [6.07, 6.45) is 6.14. The third-order valence-electron chi connectivity index (χ3n) is 6.14. The van der Waals surface area contributed by atoms with Crippen molar-refractivity contribution < 1.29 is 19.2 Å². The Hall–Kier alpha value is -2.16. The van der Waals surface area contributed by atoms with Crippen LogP contribution in [-0.2, 0) is 14.1 Å². The van der Waals surface area contributed by atoms with Gasteiger partial charge in [-0.05, 0) is 18.8 Å². The minimum absolute atomic E-state index is 0.116. The molecule has 30 heavy (non-hydrogen) atoms. The van der Waals surface area contributed by atoms with E-state index in [1.807, 2.05) is 72.8 Å². The van der Waals surface area contributed by atoms with Gasteiger partial charge in [-0.2, -0.15) is 0 Å². The molecule has 1 aliphatic carbocycles. The van der Waals surface area contributed by atoms with E-state index in [-0.39, 0.29) is 18.3 Å². The first-order valence-electron chi connectivity index (χ1n) is 10.6. The molecule has 0 unspecified atom stereocenters. The third-order valence-corrected chi connectivity index (χ3v) is 9.99. The van der Waals surface area contributed by atoms with E-state index in [1.54, 1.807) is 0 Å². The lowest BCUT2D eigenvalue weighted by Gasteiger charge is -2.41. The summed E-state index contributed by atoms with van der Waals surface area (Å²) >= 11 is 0. The van der Waals surface area contributed by atoms with Gasteiger partial charge in [0.05, 0.1) is 24.8 Å². The Balaban J connectivity index is 2.15. The van der Waals surface area contributed by atoms with Crippen LogP contribution in [0, 0.1) is 5.92 Å². The van der Waals surface area contributed by atoms with Gasteiger partial charge in [-0.3, -0.25) is 4.79 Å². The number of unbranched alkanes of at least 4 members (excludes halogenated alkanes) is 1. The Kier molecular flexibility index (Phi) is 7.33. The van der Waals surface area contributed by atoms with Crippen LogP contribution in [0.3, 0.4) is 0 Å². The fourth-order valence-corrected chi connectivity index (χ4v) is 8.32. The molecule has 2 aromatic carbocycles. The normalized spacial score (nSPS) is 22.0. The first-order chi connectivity index (χ1) is 14.5. The number of allylic oxidation sites excluding steroid dienone is 1. The van der Waals surface area contributed by atoms with Gasteiger partial charge in [0, 0.05) is 10.6 Å². The van der Waals surface area contributed by atoms with Gasteiger partial charge in [-0.1, -0.05) is 92.6 Å². The van der Waals surface area contributed by atoms with Crippen LogP contribution in [0.1, 0.15) is 39.0 Å². The van der Waals surface area contributed by atoms with Crippen LogP contribution < -0.4 is 10.6 Å². The molecule has 5 heteroatoms. The van der Waals surface area contributed by atoms with Gasteiger partial charge in [0.25, 0.3) is 0 Å². The Morgan fingerprint density at radius 3 is 2.20 bits per heavy atom. The summed E-state index contributed by atoms with van der Waals surface area (Å²) in [6, 6.07) is 18.9. The van der Waals surface area contributed by atoms with Gasteiger partial charge in [0.15, 0.2) is 7.14 Å². The zero-order chi connectivity index (χ0) is 21.6. The number of aliphatic hydroxyl groups is 1. The number of aliphatic hydroxyl groups excluding tert-OH is 1. The number of esters is 1. The van der Waals surface area contributed by atoms with Gasteiger partial charge in [0.1, 0.15) is 0 Å². The van der Waals surface area contributed by atoms with Crippen molar-refractivity contribution in [1.29, 1.82) is 0 Å². The van der Waals surface area contributed by atoms with Crippen molar-refractivity contribution in [1.82, 2.24) is 0 Å². The zero-order valence-electron chi connectivity index (χ0n) is 17.7. The minimum Gasteiger partial charge on any atom is -0.469 e. The number of hydrogen-bond donors (Lipinski definition) is 1. The maximum absolute atomic E-state index is 15.1. The van der Waals surface area contributed by atoms with Crippen LogP contribution in [0.2, 0.25) is 0 Å². The SMILES string of the molecule is CCCC[C@H](O)[C@]1(P(=O)(c2ccccc2)c2ccccc2)C=C[C@@H](CC(=O)OC)C1. The molecule has 1 aliphatic rings. The monoisotopic (exact) mass is 426 g/mol. The summed E-state index contributed by atoms with van der Waals surface area (Å²) in [4.78, 5) is 11.9. The summed E-state index contributed by atoms with van der Waals surface area (Å²) in [6.45, 7) is 2.08. The van der Waals surface area contributed by atoms with E-state index >= 15 is 4.57 Å². The van der Waals surface area contributed by atoms with Crippen molar-refractivity contribution in [3.05, 3.63) is 72.8 Å². The van der Waals surface area contributed by atoms with Crippen molar-refractivity contribution in [3.63, 3.8) is 0 Å². The van der Waals surface area contributed by atoms with Crippen LogP contribution in [0.25, 0.3) is 0 Å². The highest BCUT2D eigenvalue weighted by Gasteiger charge is 2.55. The van der Waals surface area contributed by atoms with Crippen molar-refractivity contribution >= 4 is 23.7 Å². The van der Waals surface area contributed by atoms with E-state index in [0.717, 1.165) is 23.5 Å². The Morgan fingerprint density at radius 1 is 1.13 bits per heavy atom. The molecule has 3 rings (SSSR count). The van der Waals surface area contributed by atoms with Crippen LogP contribution in [0.15, 0.2) is 72.8 Å². The van der Waals surface area contributed by atoms with Gasteiger partial charge in [0.2, 0.25) is 0 Å². The van der Waals surface area contributed by atoms with Crippen LogP contribution >= 0.6 is 7.14 Å². The number of methoxy groups -OCH3 is 1. The Labute approximate surface area is 179 Å². The first kappa shape index (κ1) is 22.5. The predicted molar refractivity (Wildman–Crippen MR) is 122 cm³/mol. The summed E-state index contributed by atoms with van der Waals surface area (Å²) < 4.78 is 20.0. The smallest absolute Gasteiger partial charge is 0.306 e. The largest absolute Gasteiger partial charge is 0.469 e. The van der Waals surface area contributed by atoms with Crippen LogP contribution in [0.5, 0.6) is 0 Å². The second-order valence-corrected chi connectivity index (χ2v) is 11.1. The molecule has 1 N–H and O–H groups in total. The molecule has 0 saturated heterocycles. The fraction of sp³-hybridized carbons (Fsp3) is 0.400. The molecule has 0 saturated carbocycles. The first-order valence-corrected chi connectivity index (χ1v) is 12.3. The molecular weight excluding hydrogens is 395 g/mol. The summed E-state index contributed by atoms with van der Waals surface area (Å²) in [5.74, 6) is -0.410. The molecule has 0 aliphatic heterocycles. The molecule has 0 heterocycles. The van der Waals surface area contributed by atoms with E-state index in [1.165, 1.54) is 7.11 Å². The molecular formula is C25H31O4P. The zero-order valence-corrected chi connectivity index (χ0v) is 18.6. The second-order valence-electron chi connectivity index (χ2n) is 8.03. The number of ether oxygens (including phenoxy) is 1. The molecule has 0 aromatic heterocycles.